The molecule has 0 aliphatic rings. The molecule has 112 valence electrons. The lowest BCUT2D eigenvalue weighted by molar-refractivity contribution is 1.10. The van der Waals surface area contributed by atoms with Gasteiger partial charge in [0, 0.05) is 18.4 Å². The van der Waals surface area contributed by atoms with Crippen molar-refractivity contribution in [3.63, 3.8) is 0 Å². The standard InChI is InChI=1S/C15H19N.2C2H6/c1-6-12(3)14(7-2)16(5)15-11-9-8-10-13(15)4;2*1-2/h6-11H,1-2H2,3-5H3;2*1-2H3/b14-12+;;. The summed E-state index contributed by atoms with van der Waals surface area (Å²) in [6, 6.07) is 8.30. The van der Waals surface area contributed by atoms with E-state index >= 15 is 0 Å². The van der Waals surface area contributed by atoms with Crippen LogP contribution in [0.2, 0.25) is 0 Å². The molecule has 0 fully saturated rings. The molecule has 1 nitrogen and oxygen atoms in total. The Labute approximate surface area is 126 Å². The van der Waals surface area contributed by atoms with Gasteiger partial charge >= 0.3 is 0 Å². The summed E-state index contributed by atoms with van der Waals surface area (Å²) in [5, 5.41) is 0. The van der Waals surface area contributed by atoms with Crippen LogP contribution in [0.5, 0.6) is 0 Å². The number of nitrogens with zero attached hydrogens (tertiary/aromatic N) is 1. The molecule has 0 unspecified atom stereocenters. The van der Waals surface area contributed by atoms with Crippen molar-refractivity contribution < 1.29 is 0 Å². The van der Waals surface area contributed by atoms with Crippen LogP contribution < -0.4 is 4.90 Å². The maximum absolute atomic E-state index is 3.86. The van der Waals surface area contributed by atoms with Gasteiger partial charge in [-0.1, -0.05) is 65.1 Å². The highest BCUT2D eigenvalue weighted by atomic mass is 15.1. The third-order valence-electron chi connectivity index (χ3n) is 2.74. The van der Waals surface area contributed by atoms with Crippen molar-refractivity contribution in [3.8, 4) is 0 Å². The minimum atomic E-state index is 1.09. The van der Waals surface area contributed by atoms with Gasteiger partial charge in [0.05, 0.1) is 0 Å². The normalized spacial score (nSPS) is 9.95. The number of anilines is 1. The first-order valence-electron chi connectivity index (χ1n) is 7.37. The lowest BCUT2D eigenvalue weighted by atomic mass is 10.1. The minimum absolute atomic E-state index is 1.09. The van der Waals surface area contributed by atoms with Crippen LogP contribution in [-0.4, -0.2) is 7.05 Å². The number of allylic oxidation sites excluding steroid dienone is 3. The molecule has 0 N–H and O–H groups in total. The van der Waals surface area contributed by atoms with E-state index in [1.54, 1.807) is 0 Å². The van der Waals surface area contributed by atoms with Gasteiger partial charge in [0.2, 0.25) is 0 Å². The summed E-state index contributed by atoms with van der Waals surface area (Å²) in [4.78, 5) is 2.14. The average Bonchev–Trinajstić information content (AvgIpc) is 2.52. The Hall–Kier alpha value is -1.76. The number of rotatable bonds is 4. The minimum Gasteiger partial charge on any atom is -0.344 e. The molecular weight excluding hydrogens is 242 g/mol. The molecule has 0 saturated heterocycles. The van der Waals surface area contributed by atoms with Crippen LogP contribution in [0, 0.1) is 6.92 Å². The Morgan fingerprint density at radius 1 is 1.00 bits per heavy atom. The molecule has 0 amide bonds. The summed E-state index contributed by atoms with van der Waals surface area (Å²) in [7, 11) is 2.05. The van der Waals surface area contributed by atoms with Gasteiger partial charge in [-0.3, -0.25) is 0 Å². The van der Waals surface area contributed by atoms with Crippen molar-refractivity contribution in [1.82, 2.24) is 0 Å². The fourth-order valence-corrected chi connectivity index (χ4v) is 1.74. The van der Waals surface area contributed by atoms with E-state index in [1.165, 1.54) is 11.3 Å². The van der Waals surface area contributed by atoms with E-state index in [0.717, 1.165) is 11.3 Å². The number of hydrogen-bond acceptors (Lipinski definition) is 1. The van der Waals surface area contributed by atoms with Crippen molar-refractivity contribution in [3.05, 3.63) is 66.4 Å². The molecule has 1 heteroatoms. The first kappa shape index (κ1) is 20.6. The van der Waals surface area contributed by atoms with E-state index in [4.69, 9.17) is 0 Å². The molecule has 0 bridgehead atoms. The molecule has 0 aliphatic heterocycles. The first-order valence-corrected chi connectivity index (χ1v) is 7.37. The van der Waals surface area contributed by atoms with Crippen LogP contribution in [0.4, 0.5) is 5.69 Å². The summed E-state index contributed by atoms with van der Waals surface area (Å²) in [6.45, 7) is 19.8. The first-order chi connectivity index (χ1) is 9.61. The molecule has 0 aromatic heterocycles. The van der Waals surface area contributed by atoms with E-state index < -0.39 is 0 Å². The number of para-hydroxylation sites is 1. The average molecular weight is 273 g/mol. The van der Waals surface area contributed by atoms with Gasteiger partial charge in [0.15, 0.2) is 0 Å². The second-order valence-corrected chi connectivity index (χ2v) is 3.82. The topological polar surface area (TPSA) is 3.24 Å². The molecular formula is C19H31N. The molecule has 0 aliphatic carbocycles. The maximum atomic E-state index is 3.86. The van der Waals surface area contributed by atoms with E-state index in [0.29, 0.717) is 0 Å². The van der Waals surface area contributed by atoms with Crippen molar-refractivity contribution in [1.29, 1.82) is 0 Å². The Kier molecular flexibility index (Phi) is 12.6. The van der Waals surface area contributed by atoms with Crippen LogP contribution in [0.3, 0.4) is 0 Å². The predicted octanol–water partition coefficient (Wildman–Crippen LogP) is 6.13. The van der Waals surface area contributed by atoms with Gasteiger partial charge in [-0.15, -0.1) is 0 Å². The van der Waals surface area contributed by atoms with Crippen LogP contribution in [-0.2, 0) is 0 Å². The predicted molar refractivity (Wildman–Crippen MR) is 95.4 cm³/mol. The highest BCUT2D eigenvalue weighted by molar-refractivity contribution is 5.59. The molecule has 1 aromatic carbocycles. The quantitative estimate of drug-likeness (QED) is 0.596. The van der Waals surface area contributed by atoms with Gasteiger partial charge in [-0.05, 0) is 37.1 Å². The monoisotopic (exact) mass is 273 g/mol. The second kappa shape index (κ2) is 12.3. The third kappa shape index (κ3) is 5.92. The van der Waals surface area contributed by atoms with E-state index in [2.05, 4.69) is 37.1 Å². The van der Waals surface area contributed by atoms with E-state index in [1.807, 2.05) is 66.0 Å². The van der Waals surface area contributed by atoms with Gasteiger partial charge < -0.3 is 4.90 Å². The Bertz CT molecular complexity index is 427. The van der Waals surface area contributed by atoms with Crippen LogP contribution in [0.1, 0.15) is 40.2 Å². The SMILES string of the molecule is C=C/C(C)=C(\C=C)N(C)c1ccccc1C.CC.CC. The molecule has 0 atom stereocenters. The Morgan fingerprint density at radius 2 is 1.50 bits per heavy atom. The molecule has 0 saturated carbocycles. The van der Waals surface area contributed by atoms with Gasteiger partial charge in [-0.2, -0.15) is 0 Å². The van der Waals surface area contributed by atoms with Crippen LogP contribution in [0.15, 0.2) is 60.8 Å². The highest BCUT2D eigenvalue weighted by Gasteiger charge is 2.07. The smallest absolute Gasteiger partial charge is 0.0437 e. The summed E-state index contributed by atoms with van der Waals surface area (Å²) in [5.74, 6) is 0. The fourth-order valence-electron chi connectivity index (χ4n) is 1.74. The fraction of sp³-hybridized carbons (Fsp3) is 0.368. The zero-order valence-corrected chi connectivity index (χ0v) is 14.3. The zero-order chi connectivity index (χ0) is 16.1. The van der Waals surface area contributed by atoms with Crippen molar-refractivity contribution >= 4 is 5.69 Å². The second-order valence-electron chi connectivity index (χ2n) is 3.82. The largest absolute Gasteiger partial charge is 0.344 e. The molecule has 0 heterocycles. The number of likely N-dealkylation sites (N-methyl/N-ethyl adjacent to an activating group) is 1. The van der Waals surface area contributed by atoms with Crippen molar-refractivity contribution in [2.24, 2.45) is 0 Å². The van der Waals surface area contributed by atoms with Gasteiger partial charge in [0.1, 0.15) is 0 Å². The maximum Gasteiger partial charge on any atom is 0.0437 e. The van der Waals surface area contributed by atoms with Gasteiger partial charge in [0.25, 0.3) is 0 Å². The van der Waals surface area contributed by atoms with Crippen LogP contribution >= 0.6 is 0 Å². The molecule has 1 aromatic rings. The number of aryl methyl sites for hydroxylation is 1. The van der Waals surface area contributed by atoms with Crippen LogP contribution in [0.25, 0.3) is 0 Å². The summed E-state index contributed by atoms with van der Waals surface area (Å²) >= 11 is 0. The number of hydrogen-bond donors (Lipinski definition) is 0. The lowest BCUT2D eigenvalue weighted by Crippen LogP contribution is -2.17. The molecule has 0 spiro atoms. The summed E-state index contributed by atoms with van der Waals surface area (Å²) in [5.41, 5.74) is 4.66. The number of benzene rings is 1. The highest BCUT2D eigenvalue weighted by Crippen LogP contribution is 2.23. The van der Waals surface area contributed by atoms with E-state index in [-0.39, 0.29) is 0 Å². The summed E-state index contributed by atoms with van der Waals surface area (Å²) in [6.07, 6.45) is 3.72. The Balaban J connectivity index is 0. The zero-order valence-electron chi connectivity index (χ0n) is 14.3. The molecule has 20 heavy (non-hydrogen) atoms. The van der Waals surface area contributed by atoms with E-state index in [9.17, 15) is 0 Å². The lowest BCUT2D eigenvalue weighted by Gasteiger charge is -2.23. The molecule has 1 rings (SSSR count). The van der Waals surface area contributed by atoms with Crippen molar-refractivity contribution in [2.75, 3.05) is 11.9 Å². The molecule has 0 radical (unpaired) electrons. The summed E-state index contributed by atoms with van der Waals surface area (Å²) < 4.78 is 0. The van der Waals surface area contributed by atoms with Gasteiger partial charge in [-0.25, -0.2) is 0 Å². The third-order valence-corrected chi connectivity index (χ3v) is 2.74. The van der Waals surface area contributed by atoms with Crippen molar-refractivity contribution in [2.45, 2.75) is 41.5 Å². The Morgan fingerprint density at radius 3 is 1.90 bits per heavy atom.